The Labute approximate surface area is 134 Å². The maximum Gasteiger partial charge on any atom is 0.472 e. The molecule has 0 spiro atoms. The quantitative estimate of drug-likeness (QED) is 0.447. The fourth-order valence-electron chi connectivity index (χ4n) is 1.37. The minimum Gasteiger partial charge on any atom is -0.288 e. The van der Waals surface area contributed by atoms with Crippen LogP contribution in [0.1, 0.15) is 0 Å². The highest BCUT2D eigenvalue weighted by molar-refractivity contribution is 5.96. The molecule has 0 rings (SSSR count). The summed E-state index contributed by atoms with van der Waals surface area (Å²) in [6, 6.07) is -8.14. The van der Waals surface area contributed by atoms with Crippen molar-refractivity contribution in [2.45, 2.75) is 42.6 Å². The second kappa shape index (κ2) is 6.23. The number of carbonyl (C=O) groups excluding carboxylic acids is 1. The van der Waals surface area contributed by atoms with Crippen LogP contribution in [-0.2, 0) is 4.79 Å². The lowest BCUT2D eigenvalue weighted by Crippen LogP contribution is -2.72. The number of rotatable bonds is 4. The van der Waals surface area contributed by atoms with Crippen LogP contribution in [0.15, 0.2) is 0 Å². The van der Waals surface area contributed by atoms with Crippen molar-refractivity contribution in [1.29, 1.82) is 0 Å². The third kappa shape index (κ3) is 4.00. The van der Waals surface area contributed by atoms with Crippen molar-refractivity contribution in [3.8, 4) is 0 Å². The van der Waals surface area contributed by atoms with E-state index in [4.69, 9.17) is 0 Å². The first-order chi connectivity index (χ1) is 11.3. The van der Waals surface area contributed by atoms with Crippen molar-refractivity contribution in [2.24, 2.45) is 0 Å². The van der Waals surface area contributed by atoms with Gasteiger partial charge in [0.25, 0.3) is 5.78 Å². The number of ketones is 1. The van der Waals surface area contributed by atoms with E-state index in [1.54, 1.807) is 0 Å². The van der Waals surface area contributed by atoms with Crippen molar-refractivity contribution < 1.29 is 79.4 Å². The molecular formula is C8F17NO. The average molecular weight is 449 g/mol. The highest BCUT2D eigenvalue weighted by Gasteiger charge is 2.87. The standard InChI is InChI=1S/C8F17NO/c9-2(4(12,13)14,5(15,16)17)1(27)3(10,11)6(18,19)26(7(20,21)22)8(23,24)25. The summed E-state index contributed by atoms with van der Waals surface area (Å²) in [5.74, 6) is -13.8. The molecule has 0 aromatic carbocycles. The average Bonchev–Trinajstić information content (AvgIpc) is 2.29. The van der Waals surface area contributed by atoms with E-state index in [9.17, 15) is 79.4 Å². The second-order valence-corrected chi connectivity index (χ2v) is 4.37. The molecule has 0 bridgehead atoms. The van der Waals surface area contributed by atoms with E-state index >= 15 is 0 Å². The van der Waals surface area contributed by atoms with Gasteiger partial charge in [0.15, 0.2) is 0 Å². The molecule has 0 unspecified atom stereocenters. The summed E-state index contributed by atoms with van der Waals surface area (Å²) in [4.78, 5) is 6.13. The summed E-state index contributed by atoms with van der Waals surface area (Å²) in [6.45, 7) is 0. The number of nitrogens with zero attached hydrogens (tertiary/aromatic N) is 1. The maximum absolute atomic E-state index is 13.1. The van der Waals surface area contributed by atoms with E-state index in [1.165, 1.54) is 0 Å². The SMILES string of the molecule is O=C(C(F)(F)C(F)(F)N(C(F)(F)F)C(F)(F)F)C(F)(C(F)(F)F)C(F)(F)F. The molecule has 0 saturated carbocycles. The Kier molecular flexibility index (Phi) is 5.87. The van der Waals surface area contributed by atoms with Gasteiger partial charge < -0.3 is 0 Å². The highest BCUT2D eigenvalue weighted by atomic mass is 19.4. The smallest absolute Gasteiger partial charge is 0.288 e. The molecule has 0 heterocycles. The van der Waals surface area contributed by atoms with Crippen LogP contribution in [0.5, 0.6) is 0 Å². The molecule has 2 nitrogen and oxygen atoms in total. The first-order valence-corrected chi connectivity index (χ1v) is 5.34. The molecule has 0 N–H and O–H groups in total. The molecule has 0 aliphatic heterocycles. The Hall–Kier alpha value is -1.56. The van der Waals surface area contributed by atoms with Crippen LogP contribution in [-0.4, -0.2) is 53.3 Å². The van der Waals surface area contributed by atoms with Gasteiger partial charge in [0.05, 0.1) is 0 Å². The van der Waals surface area contributed by atoms with Gasteiger partial charge in [0.2, 0.25) is 0 Å². The zero-order chi connectivity index (χ0) is 22.7. The summed E-state index contributed by atoms with van der Waals surface area (Å²) >= 11 is 0. The number of carbonyl (C=O) groups is 1. The van der Waals surface area contributed by atoms with E-state index in [2.05, 4.69) is 0 Å². The molecule has 27 heavy (non-hydrogen) atoms. The van der Waals surface area contributed by atoms with E-state index in [-0.39, 0.29) is 0 Å². The molecular weight excluding hydrogens is 449 g/mol. The Morgan fingerprint density at radius 1 is 0.519 bits per heavy atom. The first kappa shape index (κ1) is 25.4. The maximum atomic E-state index is 13.1. The van der Waals surface area contributed by atoms with Crippen LogP contribution in [0.25, 0.3) is 0 Å². The highest BCUT2D eigenvalue weighted by Crippen LogP contribution is 2.55. The third-order valence-corrected chi connectivity index (χ3v) is 2.54. The van der Waals surface area contributed by atoms with Crippen molar-refractivity contribution in [3.05, 3.63) is 0 Å². The monoisotopic (exact) mass is 449 g/mol. The number of Topliss-reactive ketones (excluding diaryl/α,β-unsaturated/α-hetero) is 1. The lowest BCUT2D eigenvalue weighted by molar-refractivity contribution is -0.464. The van der Waals surface area contributed by atoms with Crippen molar-refractivity contribution in [2.75, 3.05) is 0 Å². The fraction of sp³-hybridized carbons (Fsp3) is 0.875. The third-order valence-electron chi connectivity index (χ3n) is 2.54. The van der Waals surface area contributed by atoms with Gasteiger partial charge in [0, 0.05) is 0 Å². The van der Waals surface area contributed by atoms with Crippen molar-refractivity contribution in [1.82, 2.24) is 4.90 Å². The summed E-state index contributed by atoms with van der Waals surface area (Å²) in [6.07, 6.45) is -30.8. The number of halogens is 17. The molecule has 0 fully saturated rings. The predicted molar refractivity (Wildman–Crippen MR) is 44.8 cm³/mol. The van der Waals surface area contributed by atoms with Gasteiger partial charge in [-0.3, -0.25) is 4.79 Å². The zero-order valence-electron chi connectivity index (χ0n) is 11.3. The Morgan fingerprint density at radius 3 is 0.963 bits per heavy atom. The zero-order valence-corrected chi connectivity index (χ0v) is 11.3. The minimum absolute atomic E-state index is 4.45. The number of alkyl halides is 17. The van der Waals surface area contributed by atoms with Crippen molar-refractivity contribution in [3.63, 3.8) is 0 Å². The Bertz CT molecular complexity index is 533. The van der Waals surface area contributed by atoms with Crippen LogP contribution >= 0.6 is 0 Å². The normalized spacial score (nSPS) is 16.1. The van der Waals surface area contributed by atoms with E-state index in [1.807, 2.05) is 0 Å². The Morgan fingerprint density at radius 2 is 0.778 bits per heavy atom. The van der Waals surface area contributed by atoms with Crippen LogP contribution in [0.3, 0.4) is 0 Å². The van der Waals surface area contributed by atoms with Crippen LogP contribution < -0.4 is 0 Å². The fourth-order valence-corrected chi connectivity index (χ4v) is 1.37. The van der Waals surface area contributed by atoms with Gasteiger partial charge in [-0.1, -0.05) is 4.90 Å². The van der Waals surface area contributed by atoms with E-state index in [0.717, 1.165) is 0 Å². The largest absolute Gasteiger partial charge is 0.472 e. The van der Waals surface area contributed by atoms with Gasteiger partial charge in [-0.2, -0.15) is 70.2 Å². The molecule has 19 heteroatoms. The van der Waals surface area contributed by atoms with Gasteiger partial charge in [-0.25, -0.2) is 4.39 Å². The lowest BCUT2D eigenvalue weighted by atomic mass is 9.92. The molecule has 0 saturated heterocycles. The lowest BCUT2D eigenvalue weighted by Gasteiger charge is -2.39. The van der Waals surface area contributed by atoms with E-state index < -0.39 is 53.3 Å². The summed E-state index contributed by atoms with van der Waals surface area (Å²) < 4.78 is 210. The summed E-state index contributed by atoms with van der Waals surface area (Å²) in [7, 11) is 0. The van der Waals surface area contributed by atoms with Crippen LogP contribution in [0.4, 0.5) is 74.6 Å². The molecule has 0 aromatic heterocycles. The summed E-state index contributed by atoms with van der Waals surface area (Å²) in [5.41, 5.74) is -7.92. The topological polar surface area (TPSA) is 20.3 Å². The van der Waals surface area contributed by atoms with Crippen LogP contribution in [0.2, 0.25) is 0 Å². The summed E-state index contributed by atoms with van der Waals surface area (Å²) in [5, 5.41) is 0. The van der Waals surface area contributed by atoms with Gasteiger partial charge in [-0.15, -0.1) is 0 Å². The number of hydrogen-bond acceptors (Lipinski definition) is 2. The van der Waals surface area contributed by atoms with Gasteiger partial charge in [0.1, 0.15) is 0 Å². The molecule has 0 radical (unpaired) electrons. The molecule has 0 amide bonds. The van der Waals surface area contributed by atoms with E-state index in [0.29, 0.717) is 0 Å². The molecule has 162 valence electrons. The molecule has 0 aromatic rings. The molecule has 0 atom stereocenters. The van der Waals surface area contributed by atoms with Crippen LogP contribution in [0, 0.1) is 0 Å². The van der Waals surface area contributed by atoms with Gasteiger partial charge in [-0.05, 0) is 0 Å². The minimum atomic E-state index is -8.14. The molecule has 0 aliphatic rings. The second-order valence-electron chi connectivity index (χ2n) is 4.37. The first-order valence-electron chi connectivity index (χ1n) is 5.34. The number of hydrogen-bond donors (Lipinski definition) is 0. The predicted octanol–water partition coefficient (Wildman–Crippen LogP) is 4.96. The molecule has 0 aliphatic carbocycles. The van der Waals surface area contributed by atoms with Gasteiger partial charge >= 0.3 is 42.6 Å². The Balaban J connectivity index is 6.73. The van der Waals surface area contributed by atoms with Crippen molar-refractivity contribution >= 4 is 5.78 Å².